The molecule has 0 aliphatic carbocycles. The summed E-state index contributed by atoms with van der Waals surface area (Å²) >= 11 is 0. The van der Waals surface area contributed by atoms with Crippen LogP contribution in [-0.2, 0) is 4.79 Å². The van der Waals surface area contributed by atoms with Crippen molar-refractivity contribution >= 4 is 30.7 Å². The van der Waals surface area contributed by atoms with Gasteiger partial charge in [-0.1, -0.05) is 18.2 Å². The van der Waals surface area contributed by atoms with Crippen LogP contribution in [0.5, 0.6) is 0 Å². The van der Waals surface area contributed by atoms with E-state index in [4.69, 9.17) is 5.11 Å². The molecule has 0 aromatic heterocycles. The molecule has 1 N–H and O–H groups in total. The van der Waals surface area contributed by atoms with E-state index in [1.54, 1.807) is 24.3 Å². The fourth-order valence-corrected chi connectivity index (χ4v) is 1.74. The molecule has 0 saturated carbocycles. The number of likely N-dealkylation sites (N-methyl/N-ethyl adjacent to an activating group) is 1. The number of hydrogen-bond acceptors (Lipinski definition) is 2. The molecule has 0 saturated heterocycles. The van der Waals surface area contributed by atoms with Crippen molar-refractivity contribution in [1.82, 2.24) is 4.90 Å². The second-order valence-corrected chi connectivity index (χ2v) is 3.24. The fraction of sp³-hybridized carbons (Fsp3) is 0.200. The van der Waals surface area contributed by atoms with Crippen LogP contribution in [0.25, 0.3) is 0 Å². The Morgan fingerprint density at radius 1 is 1.40 bits per heavy atom. The van der Waals surface area contributed by atoms with Crippen LogP contribution < -0.4 is 0 Å². The number of carboxylic acid groups (broad SMARTS) is 1. The zero-order chi connectivity index (χ0) is 10.3. The minimum atomic E-state index is -0.995. The first kappa shape index (κ1) is 11.8. The molecule has 15 heavy (non-hydrogen) atoms. The van der Waals surface area contributed by atoms with Crippen molar-refractivity contribution in [3.05, 3.63) is 35.4 Å². The van der Waals surface area contributed by atoms with Gasteiger partial charge in [0, 0.05) is 31.5 Å². The predicted octanol–water partition coefficient (Wildman–Crippen LogP) is 0.517. The summed E-state index contributed by atoms with van der Waals surface area (Å²) < 4.78 is 0. The molecular weight excluding hydrogens is 189 g/mol. The van der Waals surface area contributed by atoms with Crippen LogP contribution in [0.1, 0.15) is 22.0 Å². The molecule has 0 spiro atoms. The predicted molar refractivity (Wildman–Crippen MR) is 54.7 cm³/mol. The van der Waals surface area contributed by atoms with Crippen LogP contribution in [0, 0.1) is 0 Å². The van der Waals surface area contributed by atoms with Gasteiger partial charge in [-0.2, -0.15) is 0 Å². The van der Waals surface area contributed by atoms with Gasteiger partial charge in [0.25, 0.3) is 5.91 Å². The number of benzene rings is 1. The average Bonchev–Trinajstić information content (AvgIpc) is 2.41. The first-order valence-electron chi connectivity index (χ1n) is 4.22. The molecule has 4 nitrogen and oxygen atoms in total. The number of rotatable bonds is 1. The normalized spacial score (nSPS) is 18.3. The van der Waals surface area contributed by atoms with Gasteiger partial charge >= 0.3 is 5.97 Å². The van der Waals surface area contributed by atoms with E-state index >= 15 is 0 Å². The third kappa shape index (κ3) is 1.67. The molecule has 0 fully saturated rings. The van der Waals surface area contributed by atoms with Crippen LogP contribution in [0.15, 0.2) is 24.3 Å². The van der Waals surface area contributed by atoms with E-state index in [0.717, 1.165) is 0 Å². The fourth-order valence-electron chi connectivity index (χ4n) is 1.74. The Hall–Kier alpha value is -1.24. The average molecular weight is 198 g/mol. The Labute approximate surface area is 99.1 Å². The molecule has 0 bridgehead atoms. The molecule has 1 unspecified atom stereocenters. The van der Waals surface area contributed by atoms with Gasteiger partial charge in [-0.25, -0.2) is 4.79 Å². The summed E-state index contributed by atoms with van der Waals surface area (Å²) in [7, 11) is 1.50. The number of carbonyl (C=O) groups excluding carboxylic acids is 1. The molecule has 2 rings (SSSR count). The monoisotopic (exact) mass is 198 g/mol. The van der Waals surface area contributed by atoms with E-state index < -0.39 is 12.0 Å². The number of aliphatic carboxylic acids is 1. The molecule has 1 amide bonds. The SMILES string of the molecule is CN1C(=O)c2ccccc2C1C(=O)O.[Li]. The van der Waals surface area contributed by atoms with Gasteiger partial charge in [-0.15, -0.1) is 0 Å². The van der Waals surface area contributed by atoms with Crippen molar-refractivity contribution in [3.63, 3.8) is 0 Å². The van der Waals surface area contributed by atoms with Crippen LogP contribution >= 0.6 is 0 Å². The van der Waals surface area contributed by atoms with E-state index in [1.807, 2.05) is 0 Å². The summed E-state index contributed by atoms with van der Waals surface area (Å²) in [6.07, 6.45) is 0. The molecule has 5 heteroatoms. The second-order valence-electron chi connectivity index (χ2n) is 3.24. The Morgan fingerprint density at radius 3 is 2.60 bits per heavy atom. The van der Waals surface area contributed by atoms with E-state index in [2.05, 4.69) is 0 Å². The second kappa shape index (κ2) is 4.09. The number of carbonyl (C=O) groups is 2. The van der Waals surface area contributed by atoms with Gasteiger partial charge in [0.2, 0.25) is 0 Å². The summed E-state index contributed by atoms with van der Waals surface area (Å²) in [5.41, 5.74) is 1.06. The van der Waals surface area contributed by atoms with Gasteiger partial charge in [0.15, 0.2) is 6.04 Å². The van der Waals surface area contributed by atoms with Gasteiger partial charge in [0.05, 0.1) is 0 Å². The molecule has 1 radical (unpaired) electrons. The Kier molecular flexibility index (Phi) is 3.23. The molecule has 1 aliphatic rings. The molecule has 1 heterocycles. The van der Waals surface area contributed by atoms with Gasteiger partial charge < -0.3 is 10.0 Å². The summed E-state index contributed by atoms with van der Waals surface area (Å²) in [5, 5.41) is 8.95. The number of nitrogens with zero attached hydrogens (tertiary/aromatic N) is 1. The quantitative estimate of drug-likeness (QED) is 0.669. The van der Waals surface area contributed by atoms with E-state index in [0.29, 0.717) is 11.1 Å². The molecule has 1 aromatic rings. The first-order valence-corrected chi connectivity index (χ1v) is 4.22. The molecule has 1 aromatic carbocycles. The van der Waals surface area contributed by atoms with Gasteiger partial charge in [-0.05, 0) is 11.6 Å². The molecule has 1 atom stereocenters. The van der Waals surface area contributed by atoms with Gasteiger partial charge in [0.1, 0.15) is 0 Å². The van der Waals surface area contributed by atoms with Gasteiger partial charge in [-0.3, -0.25) is 4.79 Å². The van der Waals surface area contributed by atoms with E-state index in [9.17, 15) is 9.59 Å². The Balaban J connectivity index is 0.00000112. The maximum atomic E-state index is 11.6. The maximum Gasteiger partial charge on any atom is 0.331 e. The van der Waals surface area contributed by atoms with Crippen LogP contribution in [-0.4, -0.2) is 47.8 Å². The summed E-state index contributed by atoms with van der Waals surface area (Å²) in [5.74, 6) is -1.22. The third-order valence-corrected chi connectivity index (χ3v) is 2.43. The summed E-state index contributed by atoms with van der Waals surface area (Å²) in [6.45, 7) is 0. The third-order valence-electron chi connectivity index (χ3n) is 2.43. The minimum absolute atomic E-state index is 0. The van der Waals surface area contributed by atoms with Crippen LogP contribution in [0.3, 0.4) is 0 Å². The molecule has 1 aliphatic heterocycles. The largest absolute Gasteiger partial charge is 0.479 e. The topological polar surface area (TPSA) is 57.6 Å². The zero-order valence-electron chi connectivity index (χ0n) is 8.60. The zero-order valence-corrected chi connectivity index (χ0v) is 8.60. The van der Waals surface area contributed by atoms with Crippen LogP contribution in [0.4, 0.5) is 0 Å². The Morgan fingerprint density at radius 2 is 2.00 bits per heavy atom. The van der Waals surface area contributed by atoms with Crippen molar-refractivity contribution in [2.24, 2.45) is 0 Å². The van der Waals surface area contributed by atoms with Crippen molar-refractivity contribution in [1.29, 1.82) is 0 Å². The molecule has 73 valence electrons. The number of amides is 1. The summed E-state index contributed by atoms with van der Waals surface area (Å²) in [6, 6.07) is 5.96. The summed E-state index contributed by atoms with van der Waals surface area (Å²) in [4.78, 5) is 23.7. The molecular formula is C10H9LiNO3. The minimum Gasteiger partial charge on any atom is -0.479 e. The standard InChI is InChI=1S/C10H9NO3.Li/c1-11-8(10(13)14)6-4-2-3-5-7(6)9(11)12;/h2-5,8H,1H3,(H,13,14);. The van der Waals surface area contributed by atoms with Crippen molar-refractivity contribution in [3.8, 4) is 0 Å². The van der Waals surface area contributed by atoms with Crippen molar-refractivity contribution in [2.45, 2.75) is 6.04 Å². The smallest absolute Gasteiger partial charge is 0.331 e. The van der Waals surface area contributed by atoms with Crippen molar-refractivity contribution < 1.29 is 14.7 Å². The maximum absolute atomic E-state index is 11.6. The van der Waals surface area contributed by atoms with Crippen LogP contribution in [0.2, 0.25) is 0 Å². The van der Waals surface area contributed by atoms with E-state index in [1.165, 1.54) is 11.9 Å². The number of hydrogen-bond donors (Lipinski definition) is 1. The number of fused-ring (bicyclic) bond motifs is 1. The van der Waals surface area contributed by atoms with E-state index in [-0.39, 0.29) is 24.8 Å². The van der Waals surface area contributed by atoms with Crippen molar-refractivity contribution in [2.75, 3.05) is 7.05 Å². The Bertz CT molecular complexity index is 419. The number of carboxylic acids is 1. The first-order chi connectivity index (χ1) is 6.63.